The molecule has 6 heterocycles. The molecule has 6 N–H and O–H groups in total. The lowest BCUT2D eigenvalue weighted by molar-refractivity contribution is -0.132. The first-order valence-electron chi connectivity index (χ1n) is 25.9. The summed E-state index contributed by atoms with van der Waals surface area (Å²) in [6, 6.07) is 8.18. The molecule has 1 fully saturated rings. The van der Waals surface area contributed by atoms with Crippen LogP contribution in [0.1, 0.15) is 136 Å². The van der Waals surface area contributed by atoms with E-state index >= 15 is 0 Å². The van der Waals surface area contributed by atoms with E-state index in [1.54, 1.807) is 43.3 Å². The average molecular weight is 1070 g/mol. The number of halogens is 2. The number of amides is 5. The Bertz CT molecular complexity index is 2720. The lowest BCUT2D eigenvalue weighted by atomic mass is 9.96. The predicted molar refractivity (Wildman–Crippen MR) is 303 cm³/mol. The number of aryl methyl sites for hydroxylation is 3. The number of urea groups is 1. The molecule has 0 saturated carbocycles. The first kappa shape index (κ1) is 64.0. The highest BCUT2D eigenvalue weighted by Crippen LogP contribution is 2.26. The normalized spacial score (nSPS) is 18.6. The summed E-state index contributed by atoms with van der Waals surface area (Å²) in [7, 11) is 0. The molecule has 2 unspecified atom stereocenters. The largest absolute Gasteiger partial charge is 0.477 e. The number of ether oxygens (including phenoxy) is 1. The molecule has 17 nitrogen and oxygen atoms in total. The molecule has 8 rings (SSSR count). The van der Waals surface area contributed by atoms with Gasteiger partial charge in [-0.05, 0) is 139 Å². The van der Waals surface area contributed by atoms with Gasteiger partial charge in [0.05, 0.1) is 25.0 Å². The number of hydrogen-bond donors (Lipinski definition) is 5. The molecule has 0 radical (unpaired) electrons. The van der Waals surface area contributed by atoms with Gasteiger partial charge in [-0.2, -0.15) is 4.99 Å². The van der Waals surface area contributed by atoms with Gasteiger partial charge in [0.2, 0.25) is 5.90 Å². The zero-order chi connectivity index (χ0) is 58.3. The first-order chi connectivity index (χ1) is 35.9. The van der Waals surface area contributed by atoms with E-state index in [4.69, 9.17) is 15.7 Å². The van der Waals surface area contributed by atoms with Gasteiger partial charge in [0, 0.05) is 54.4 Å². The number of benzene rings is 2. The summed E-state index contributed by atoms with van der Waals surface area (Å²) in [6.45, 7) is 43.7. The molecule has 2 atom stereocenters. The zero-order valence-corrected chi connectivity index (χ0v) is 48.0. The summed E-state index contributed by atoms with van der Waals surface area (Å²) >= 11 is 0. The van der Waals surface area contributed by atoms with Gasteiger partial charge in [0.25, 0.3) is 17.7 Å². The van der Waals surface area contributed by atoms with Crippen LogP contribution in [0.2, 0.25) is 0 Å². The maximum absolute atomic E-state index is 13.0. The summed E-state index contributed by atoms with van der Waals surface area (Å²) in [5.41, 5.74) is 8.45. The van der Waals surface area contributed by atoms with Crippen LogP contribution in [-0.2, 0) is 19.1 Å². The van der Waals surface area contributed by atoms with Crippen LogP contribution in [0, 0.1) is 38.3 Å². The minimum Gasteiger partial charge on any atom is -0.477 e. The molecule has 5 amide bonds. The molecule has 77 heavy (non-hydrogen) atoms. The van der Waals surface area contributed by atoms with Gasteiger partial charge in [-0.15, -0.1) is 0 Å². The summed E-state index contributed by atoms with van der Waals surface area (Å²) in [5.74, 6) is 8.35. The Morgan fingerprint density at radius 2 is 1.36 bits per heavy atom. The van der Waals surface area contributed by atoms with Crippen LogP contribution in [0.5, 0.6) is 0 Å². The maximum atomic E-state index is 13.0. The van der Waals surface area contributed by atoms with Gasteiger partial charge in [0.1, 0.15) is 29.1 Å². The minimum absolute atomic E-state index is 0.00537. The summed E-state index contributed by atoms with van der Waals surface area (Å²) in [4.78, 5) is 63.5. The van der Waals surface area contributed by atoms with Crippen LogP contribution in [0.25, 0.3) is 0 Å². The van der Waals surface area contributed by atoms with Crippen molar-refractivity contribution >= 4 is 41.7 Å². The number of carbonyl (C=O) groups excluding carboxylic acids is 4. The minimum atomic E-state index is -0.608. The number of hydrogen-bond acceptors (Lipinski definition) is 12. The quantitative estimate of drug-likeness (QED) is 0.132. The topological polar surface area (TPSA) is 210 Å². The monoisotopic (exact) mass is 1070 g/mol. The van der Waals surface area contributed by atoms with Crippen molar-refractivity contribution in [2.24, 2.45) is 26.7 Å². The van der Waals surface area contributed by atoms with Gasteiger partial charge < -0.3 is 40.5 Å². The number of nitrogens with zero attached hydrogens (tertiary/aromatic N) is 7. The van der Waals surface area contributed by atoms with Crippen molar-refractivity contribution in [2.75, 3.05) is 13.2 Å². The van der Waals surface area contributed by atoms with Gasteiger partial charge >= 0.3 is 6.03 Å². The van der Waals surface area contributed by atoms with Crippen LogP contribution in [-0.4, -0.2) is 110 Å². The van der Waals surface area contributed by atoms with Gasteiger partial charge in [-0.3, -0.25) is 19.4 Å². The molecular weight excluding hydrogens is 985 g/mol. The smallest absolute Gasteiger partial charge is 0.340 e. The number of rotatable bonds is 7. The van der Waals surface area contributed by atoms with E-state index in [1.807, 2.05) is 72.4 Å². The third-order valence-corrected chi connectivity index (χ3v) is 12.5. The molecule has 19 heteroatoms. The number of allylic oxidation sites excluding steroid dienone is 1. The van der Waals surface area contributed by atoms with E-state index in [2.05, 4.69) is 103 Å². The van der Waals surface area contributed by atoms with E-state index in [0.29, 0.717) is 46.7 Å². The number of aliphatic hydroxyl groups excluding tert-OH is 1. The highest BCUT2D eigenvalue weighted by atomic mass is 19.1. The standard InChI is InChI=1S/C11H15F.C10H13F.C10H14N4O2.C10H14N2O.C9H14N2O2.C8H13N3O/c1-7(2)10-5-9(4)11(12)6-8(10)3;1-7(2)10-5-4-9(11)6-8(10)3;1-5(2)14-7(15)4-11-8-9(14)12-6(3)13-10(8)16;1-7(2)12-6-9-4-5-13-10(9)11-8(12)3;1-6(2)11-4-8(5-12)9(13)10-7(11)3;1-5(2)7-4-11(9)8(12)10-6(7)3/h5-7H,1-4H3;4-7H,1-3H3;4-5,8-9H,1-3H3,(H,12,13,16);6-7H,3-5H2,1-2H3;4,6,12H,3,5H2,1-2H3,(H,10,13);4-5H,3,9H2,1-2H3,(H,10,12). The zero-order valence-electron chi connectivity index (χ0n) is 48.0. The summed E-state index contributed by atoms with van der Waals surface area (Å²) in [6.07, 6.45) is 7.01. The number of amidine groups is 1. The second-order valence-corrected chi connectivity index (χ2v) is 20.8. The van der Waals surface area contributed by atoms with Crippen molar-refractivity contribution in [3.8, 4) is 0 Å². The molecule has 6 aliphatic heterocycles. The Labute approximate surface area is 455 Å². The maximum Gasteiger partial charge on any atom is 0.340 e. The molecule has 2 aromatic rings. The van der Waals surface area contributed by atoms with Crippen molar-refractivity contribution in [3.63, 3.8) is 0 Å². The number of nitrogens with two attached hydrogens (primary N) is 1. The molecule has 0 aromatic heterocycles. The van der Waals surface area contributed by atoms with Crippen molar-refractivity contribution in [3.05, 3.63) is 142 Å². The summed E-state index contributed by atoms with van der Waals surface area (Å²) in [5, 5.41) is 17.6. The van der Waals surface area contributed by atoms with E-state index in [9.17, 15) is 28.0 Å². The first-order valence-corrected chi connectivity index (χ1v) is 25.9. The molecule has 1 saturated heterocycles. The van der Waals surface area contributed by atoms with Crippen LogP contribution in [0.15, 0.2) is 118 Å². The Hall–Kier alpha value is -7.25. The van der Waals surface area contributed by atoms with Gasteiger partial charge in [-0.25, -0.2) is 29.4 Å². The number of nitrogens with one attached hydrogen (secondary N) is 3. The van der Waals surface area contributed by atoms with E-state index < -0.39 is 12.2 Å². The Kier molecular flexibility index (Phi) is 23.9. The molecule has 2 aromatic carbocycles. The van der Waals surface area contributed by atoms with E-state index in [0.717, 1.165) is 52.0 Å². The van der Waals surface area contributed by atoms with Gasteiger partial charge in [-0.1, -0.05) is 73.4 Å². The average Bonchev–Trinajstić information content (AvgIpc) is 3.79. The second kappa shape index (κ2) is 28.8. The highest BCUT2D eigenvalue weighted by Gasteiger charge is 2.41. The molecular formula is C58H83F2N11O6. The van der Waals surface area contributed by atoms with E-state index in [1.165, 1.54) is 29.0 Å². The Morgan fingerprint density at radius 1 is 0.753 bits per heavy atom. The lowest BCUT2D eigenvalue weighted by Crippen LogP contribution is -2.60. The van der Waals surface area contributed by atoms with Crippen LogP contribution < -0.4 is 21.8 Å². The fourth-order valence-electron chi connectivity index (χ4n) is 8.41. The fraction of sp³-hybridized carbons (Fsp3) is 0.466. The number of fused-ring (bicyclic) bond motifs is 2. The number of aliphatic imine (C=N–C) groups is 3. The van der Waals surface area contributed by atoms with Crippen LogP contribution >= 0.6 is 0 Å². The number of aliphatic hydroxyl groups is 1. The Balaban J connectivity index is 0.000000244. The van der Waals surface area contributed by atoms with Crippen molar-refractivity contribution < 1.29 is 37.8 Å². The highest BCUT2D eigenvalue weighted by molar-refractivity contribution is 6.27. The predicted octanol–water partition coefficient (Wildman–Crippen LogP) is 9.37. The van der Waals surface area contributed by atoms with Crippen LogP contribution in [0.3, 0.4) is 0 Å². The molecule has 0 bridgehead atoms. The Morgan fingerprint density at radius 3 is 1.91 bits per heavy atom. The number of carbonyl (C=O) groups is 4. The fourth-order valence-corrected chi connectivity index (χ4v) is 8.41. The SMILES string of the molecule is C=C1N=C2OCCC2=CN1C(C)C.C=C1NC(=O)C(CO)=CN1C(C)C.C=C1NC(=O)N(N)C=C1C(C)C.CC1=NC2C(N=CC(=O)N2C(C)C)C(=O)N1.Cc1cc(C(C)C)c(C)cc1F.Cc1cc(F)ccc1C(C)C. The van der Waals surface area contributed by atoms with Crippen molar-refractivity contribution in [1.82, 2.24) is 35.7 Å². The molecule has 6 aliphatic rings. The number of hydrazine groups is 1. The summed E-state index contributed by atoms with van der Waals surface area (Å²) < 4.78 is 31.0. The molecule has 0 aliphatic carbocycles. The second-order valence-electron chi connectivity index (χ2n) is 20.8. The van der Waals surface area contributed by atoms with Crippen LogP contribution in [0.4, 0.5) is 13.6 Å². The third-order valence-electron chi connectivity index (χ3n) is 12.5. The van der Waals surface area contributed by atoms with E-state index in [-0.39, 0.29) is 54.1 Å². The molecule has 0 spiro atoms. The third kappa shape index (κ3) is 17.9. The molecule has 420 valence electrons. The van der Waals surface area contributed by atoms with Crippen molar-refractivity contribution in [1.29, 1.82) is 0 Å². The van der Waals surface area contributed by atoms with Crippen molar-refractivity contribution in [2.45, 2.75) is 159 Å². The lowest BCUT2D eigenvalue weighted by Gasteiger charge is -2.39. The van der Waals surface area contributed by atoms with Gasteiger partial charge in [0.15, 0.2) is 12.2 Å².